The van der Waals surface area contributed by atoms with Crippen LogP contribution in [0.5, 0.6) is 0 Å². The van der Waals surface area contributed by atoms with Gasteiger partial charge in [-0.15, -0.1) is 0 Å². The second kappa shape index (κ2) is 5.46. The van der Waals surface area contributed by atoms with Crippen LogP contribution in [0, 0.1) is 6.92 Å². The first-order valence-electron chi connectivity index (χ1n) is 5.97. The number of anilines is 2. The molecular formula is C13H16N4O2S. The van der Waals surface area contributed by atoms with Crippen molar-refractivity contribution in [3.05, 3.63) is 42.2 Å². The van der Waals surface area contributed by atoms with Crippen LogP contribution in [-0.2, 0) is 10.0 Å². The Labute approximate surface area is 118 Å². The Bertz CT molecular complexity index is 697. The van der Waals surface area contributed by atoms with Crippen LogP contribution in [0.25, 0.3) is 0 Å². The van der Waals surface area contributed by atoms with E-state index in [4.69, 9.17) is 0 Å². The number of sulfonamides is 1. The zero-order valence-electron chi connectivity index (χ0n) is 11.5. The molecule has 0 amide bonds. The summed E-state index contributed by atoms with van der Waals surface area (Å²) in [5.41, 5.74) is 1.21. The number of aryl methyl sites for hydroxylation is 1. The van der Waals surface area contributed by atoms with Gasteiger partial charge in [0.05, 0.1) is 23.0 Å². The van der Waals surface area contributed by atoms with Gasteiger partial charge in [-0.1, -0.05) is 12.1 Å². The van der Waals surface area contributed by atoms with Crippen molar-refractivity contribution in [3.8, 4) is 0 Å². The standard InChI is InChI=1S/C13H16N4O2S/c1-10-5-4-6-12(7-10)20(18,19)16-11-8-14-13(15-9-11)17(2)3/h4-9,16H,1-3H3. The zero-order chi connectivity index (χ0) is 14.8. The SMILES string of the molecule is Cc1cccc(S(=O)(=O)Nc2cnc(N(C)C)nc2)c1. The van der Waals surface area contributed by atoms with Gasteiger partial charge in [-0.2, -0.15) is 0 Å². The summed E-state index contributed by atoms with van der Waals surface area (Å²) >= 11 is 0. The molecule has 0 aliphatic carbocycles. The average Bonchev–Trinajstić information content (AvgIpc) is 2.39. The Morgan fingerprint density at radius 2 is 1.80 bits per heavy atom. The molecular weight excluding hydrogens is 276 g/mol. The third kappa shape index (κ3) is 3.24. The minimum Gasteiger partial charge on any atom is -0.347 e. The van der Waals surface area contributed by atoms with Crippen LogP contribution in [0.15, 0.2) is 41.6 Å². The lowest BCUT2D eigenvalue weighted by Crippen LogP contribution is -2.15. The van der Waals surface area contributed by atoms with E-state index in [9.17, 15) is 8.42 Å². The van der Waals surface area contributed by atoms with E-state index in [0.717, 1.165) is 5.56 Å². The van der Waals surface area contributed by atoms with Crippen LogP contribution < -0.4 is 9.62 Å². The number of nitrogens with one attached hydrogen (secondary N) is 1. The molecule has 2 aromatic rings. The normalized spacial score (nSPS) is 11.2. The molecule has 0 spiro atoms. The third-order valence-corrected chi connectivity index (χ3v) is 3.97. The molecule has 20 heavy (non-hydrogen) atoms. The molecule has 0 unspecified atom stereocenters. The van der Waals surface area contributed by atoms with E-state index in [1.54, 1.807) is 23.1 Å². The van der Waals surface area contributed by atoms with Gasteiger partial charge in [0.15, 0.2) is 0 Å². The van der Waals surface area contributed by atoms with Crippen LogP contribution in [0.2, 0.25) is 0 Å². The van der Waals surface area contributed by atoms with Crippen molar-refractivity contribution in [2.75, 3.05) is 23.7 Å². The number of hydrogen-bond donors (Lipinski definition) is 1. The van der Waals surface area contributed by atoms with Gasteiger partial charge in [0.25, 0.3) is 10.0 Å². The van der Waals surface area contributed by atoms with Crippen LogP contribution >= 0.6 is 0 Å². The predicted octanol–water partition coefficient (Wildman–Crippen LogP) is 1.65. The fraction of sp³-hybridized carbons (Fsp3) is 0.231. The Morgan fingerprint density at radius 1 is 1.15 bits per heavy atom. The molecule has 2 rings (SSSR count). The van der Waals surface area contributed by atoms with Crippen LogP contribution in [0.1, 0.15) is 5.56 Å². The summed E-state index contributed by atoms with van der Waals surface area (Å²) < 4.78 is 26.8. The van der Waals surface area contributed by atoms with Crippen molar-refractivity contribution in [2.45, 2.75) is 11.8 Å². The minimum absolute atomic E-state index is 0.217. The summed E-state index contributed by atoms with van der Waals surface area (Å²) in [6, 6.07) is 6.70. The Balaban J connectivity index is 2.24. The molecule has 1 aromatic carbocycles. The summed E-state index contributed by atoms with van der Waals surface area (Å²) in [4.78, 5) is 10.1. The summed E-state index contributed by atoms with van der Waals surface area (Å²) in [7, 11) is 0.0103. The van der Waals surface area contributed by atoms with Gasteiger partial charge < -0.3 is 4.90 Å². The molecule has 0 saturated heterocycles. The lowest BCUT2D eigenvalue weighted by atomic mass is 10.2. The highest BCUT2D eigenvalue weighted by atomic mass is 32.2. The summed E-state index contributed by atoms with van der Waals surface area (Å²) in [6.07, 6.45) is 2.88. The summed E-state index contributed by atoms with van der Waals surface area (Å²) in [5.74, 6) is 0.517. The number of nitrogens with zero attached hydrogens (tertiary/aromatic N) is 3. The highest BCUT2D eigenvalue weighted by Crippen LogP contribution is 2.16. The number of rotatable bonds is 4. The van der Waals surface area contributed by atoms with E-state index in [-0.39, 0.29) is 4.90 Å². The maximum Gasteiger partial charge on any atom is 0.262 e. The quantitative estimate of drug-likeness (QED) is 0.927. The molecule has 0 bridgehead atoms. The second-order valence-electron chi connectivity index (χ2n) is 4.59. The van der Waals surface area contributed by atoms with E-state index in [1.807, 2.05) is 27.1 Å². The van der Waals surface area contributed by atoms with Gasteiger partial charge in [-0.25, -0.2) is 18.4 Å². The van der Waals surface area contributed by atoms with Crippen molar-refractivity contribution < 1.29 is 8.42 Å². The molecule has 106 valence electrons. The van der Waals surface area contributed by atoms with E-state index in [1.165, 1.54) is 12.4 Å². The monoisotopic (exact) mass is 292 g/mol. The maximum atomic E-state index is 12.2. The smallest absolute Gasteiger partial charge is 0.262 e. The first kappa shape index (κ1) is 14.3. The highest BCUT2D eigenvalue weighted by Gasteiger charge is 2.14. The van der Waals surface area contributed by atoms with Crippen molar-refractivity contribution in [1.29, 1.82) is 0 Å². The van der Waals surface area contributed by atoms with E-state index < -0.39 is 10.0 Å². The van der Waals surface area contributed by atoms with Crippen molar-refractivity contribution in [3.63, 3.8) is 0 Å². The van der Waals surface area contributed by atoms with Gasteiger partial charge in [-0.05, 0) is 24.6 Å². The lowest BCUT2D eigenvalue weighted by Gasteiger charge is -2.11. The number of benzene rings is 1. The molecule has 0 radical (unpaired) electrons. The van der Waals surface area contributed by atoms with Crippen molar-refractivity contribution >= 4 is 21.7 Å². The second-order valence-corrected chi connectivity index (χ2v) is 6.27. The molecule has 7 heteroatoms. The first-order valence-corrected chi connectivity index (χ1v) is 7.46. The molecule has 0 aliphatic heterocycles. The number of aromatic nitrogens is 2. The first-order chi connectivity index (χ1) is 9.38. The zero-order valence-corrected chi connectivity index (χ0v) is 12.3. The van der Waals surface area contributed by atoms with Gasteiger partial charge in [0.1, 0.15) is 0 Å². The van der Waals surface area contributed by atoms with Crippen LogP contribution in [-0.4, -0.2) is 32.5 Å². The van der Waals surface area contributed by atoms with Crippen molar-refractivity contribution in [2.24, 2.45) is 0 Å². The molecule has 1 N–H and O–H groups in total. The Hall–Kier alpha value is -2.15. The average molecular weight is 292 g/mol. The van der Waals surface area contributed by atoms with Crippen molar-refractivity contribution in [1.82, 2.24) is 9.97 Å². The fourth-order valence-corrected chi connectivity index (χ4v) is 2.73. The lowest BCUT2D eigenvalue weighted by molar-refractivity contribution is 0.601. The van der Waals surface area contributed by atoms with E-state index in [0.29, 0.717) is 11.6 Å². The third-order valence-electron chi connectivity index (χ3n) is 2.59. The topological polar surface area (TPSA) is 75.2 Å². The highest BCUT2D eigenvalue weighted by molar-refractivity contribution is 7.92. The Morgan fingerprint density at radius 3 is 2.35 bits per heavy atom. The molecule has 6 nitrogen and oxygen atoms in total. The molecule has 0 atom stereocenters. The maximum absolute atomic E-state index is 12.2. The molecule has 0 fully saturated rings. The van der Waals surface area contributed by atoms with E-state index >= 15 is 0 Å². The van der Waals surface area contributed by atoms with Gasteiger partial charge >= 0.3 is 0 Å². The van der Waals surface area contributed by atoms with Crippen LogP contribution in [0.3, 0.4) is 0 Å². The number of hydrogen-bond acceptors (Lipinski definition) is 5. The minimum atomic E-state index is -3.61. The van der Waals surface area contributed by atoms with Crippen LogP contribution in [0.4, 0.5) is 11.6 Å². The van der Waals surface area contributed by atoms with Gasteiger partial charge in [0, 0.05) is 14.1 Å². The molecule has 0 saturated carbocycles. The predicted molar refractivity (Wildman–Crippen MR) is 78.3 cm³/mol. The Kier molecular flexibility index (Phi) is 3.89. The fourth-order valence-electron chi connectivity index (χ4n) is 1.60. The summed E-state index contributed by atoms with van der Waals surface area (Å²) in [5, 5.41) is 0. The molecule has 1 heterocycles. The summed E-state index contributed by atoms with van der Waals surface area (Å²) in [6.45, 7) is 1.84. The molecule has 0 aliphatic rings. The largest absolute Gasteiger partial charge is 0.347 e. The van der Waals surface area contributed by atoms with E-state index in [2.05, 4.69) is 14.7 Å². The van der Waals surface area contributed by atoms with Gasteiger partial charge in [0.2, 0.25) is 5.95 Å². The van der Waals surface area contributed by atoms with Gasteiger partial charge in [-0.3, -0.25) is 4.72 Å². The molecule has 1 aromatic heterocycles.